The van der Waals surface area contributed by atoms with Gasteiger partial charge in [-0.25, -0.2) is 0 Å². The lowest BCUT2D eigenvalue weighted by molar-refractivity contribution is -0.114. The van der Waals surface area contributed by atoms with Crippen LogP contribution in [0.15, 0.2) is 48.5 Å². The maximum absolute atomic E-state index is 11.1. The van der Waals surface area contributed by atoms with Gasteiger partial charge in [-0.1, -0.05) is 24.3 Å². The molecule has 1 aliphatic rings. The van der Waals surface area contributed by atoms with E-state index in [1.807, 2.05) is 24.3 Å². The molecular formula is C22H28N2O2. The molecule has 1 aliphatic carbocycles. The van der Waals surface area contributed by atoms with Crippen LogP contribution in [-0.4, -0.2) is 19.1 Å². The third-order valence-electron chi connectivity index (χ3n) is 5.21. The molecule has 0 saturated heterocycles. The zero-order chi connectivity index (χ0) is 18.5. The lowest BCUT2D eigenvalue weighted by atomic mass is 9.97. The second-order valence-corrected chi connectivity index (χ2v) is 7.18. The molecule has 4 nitrogen and oxygen atoms in total. The molecule has 138 valence electrons. The summed E-state index contributed by atoms with van der Waals surface area (Å²) < 4.78 is 5.33. The van der Waals surface area contributed by atoms with Gasteiger partial charge in [0, 0.05) is 24.7 Å². The van der Waals surface area contributed by atoms with Crippen LogP contribution in [0.4, 0.5) is 5.69 Å². The predicted octanol–water partition coefficient (Wildman–Crippen LogP) is 4.64. The van der Waals surface area contributed by atoms with E-state index >= 15 is 0 Å². The fourth-order valence-corrected chi connectivity index (χ4v) is 3.84. The number of carbonyl (C=O) groups is 1. The fraction of sp³-hybridized carbons (Fsp3) is 0.409. The molecule has 3 rings (SSSR count). The number of rotatable bonds is 6. The molecule has 26 heavy (non-hydrogen) atoms. The van der Waals surface area contributed by atoms with Gasteiger partial charge in [-0.2, -0.15) is 0 Å². The molecule has 0 bridgehead atoms. The molecule has 0 radical (unpaired) electrons. The SMILES string of the molecule is COc1cccc(C(C)NC2CCC(c3ccc(NC(C)=O)cc3)C2)c1. The highest BCUT2D eigenvalue weighted by Gasteiger charge is 2.27. The van der Waals surface area contributed by atoms with E-state index in [2.05, 4.69) is 41.8 Å². The number of methoxy groups -OCH3 is 1. The third kappa shape index (κ3) is 4.64. The van der Waals surface area contributed by atoms with Gasteiger partial charge < -0.3 is 15.4 Å². The van der Waals surface area contributed by atoms with Crippen molar-refractivity contribution in [3.05, 3.63) is 59.7 Å². The Hall–Kier alpha value is -2.33. The van der Waals surface area contributed by atoms with Crippen LogP contribution in [-0.2, 0) is 4.79 Å². The van der Waals surface area contributed by atoms with Crippen LogP contribution in [0.2, 0.25) is 0 Å². The van der Waals surface area contributed by atoms with E-state index in [4.69, 9.17) is 4.74 Å². The Morgan fingerprint density at radius 1 is 1.15 bits per heavy atom. The number of benzene rings is 2. The normalized spacial score (nSPS) is 20.6. The number of hydrogen-bond donors (Lipinski definition) is 2. The number of amides is 1. The highest BCUT2D eigenvalue weighted by molar-refractivity contribution is 5.88. The summed E-state index contributed by atoms with van der Waals surface area (Å²) in [5.74, 6) is 1.45. The van der Waals surface area contributed by atoms with E-state index in [9.17, 15) is 4.79 Å². The van der Waals surface area contributed by atoms with Gasteiger partial charge in [0.1, 0.15) is 5.75 Å². The highest BCUT2D eigenvalue weighted by atomic mass is 16.5. The molecule has 1 amide bonds. The molecule has 0 aliphatic heterocycles. The molecule has 0 spiro atoms. The second kappa shape index (κ2) is 8.37. The first-order chi connectivity index (χ1) is 12.5. The first kappa shape index (κ1) is 18.5. The van der Waals surface area contributed by atoms with Crippen LogP contribution in [0.5, 0.6) is 5.75 Å². The quantitative estimate of drug-likeness (QED) is 0.796. The summed E-state index contributed by atoms with van der Waals surface area (Å²) in [6.45, 7) is 3.75. The van der Waals surface area contributed by atoms with Gasteiger partial charge >= 0.3 is 0 Å². The lowest BCUT2D eigenvalue weighted by Gasteiger charge is -2.20. The predicted molar refractivity (Wildman–Crippen MR) is 106 cm³/mol. The summed E-state index contributed by atoms with van der Waals surface area (Å²) in [6, 6.07) is 17.4. The van der Waals surface area contributed by atoms with Crippen molar-refractivity contribution in [2.45, 2.75) is 51.1 Å². The summed E-state index contributed by atoms with van der Waals surface area (Å²) in [7, 11) is 1.70. The first-order valence-corrected chi connectivity index (χ1v) is 9.32. The average Bonchev–Trinajstić information content (AvgIpc) is 3.10. The molecule has 2 aromatic rings. The van der Waals surface area contributed by atoms with Crippen molar-refractivity contribution in [2.24, 2.45) is 0 Å². The lowest BCUT2D eigenvalue weighted by Crippen LogP contribution is -2.29. The Bertz CT molecular complexity index is 742. The topological polar surface area (TPSA) is 50.4 Å². The molecule has 4 heteroatoms. The van der Waals surface area contributed by atoms with Crippen LogP contribution >= 0.6 is 0 Å². The van der Waals surface area contributed by atoms with Crippen molar-refractivity contribution < 1.29 is 9.53 Å². The minimum absolute atomic E-state index is 0.0330. The minimum atomic E-state index is -0.0330. The van der Waals surface area contributed by atoms with Crippen molar-refractivity contribution in [2.75, 3.05) is 12.4 Å². The molecular weight excluding hydrogens is 324 g/mol. The number of hydrogen-bond acceptors (Lipinski definition) is 3. The van der Waals surface area contributed by atoms with Crippen LogP contribution in [0.1, 0.15) is 56.2 Å². The Kier molecular flexibility index (Phi) is 5.94. The Balaban J connectivity index is 1.57. The molecule has 1 saturated carbocycles. The van der Waals surface area contributed by atoms with Crippen molar-refractivity contribution in [3.8, 4) is 5.75 Å². The maximum Gasteiger partial charge on any atom is 0.221 e. The first-order valence-electron chi connectivity index (χ1n) is 9.32. The molecule has 3 unspecified atom stereocenters. The summed E-state index contributed by atoms with van der Waals surface area (Å²) in [4.78, 5) is 11.1. The zero-order valence-electron chi connectivity index (χ0n) is 15.8. The van der Waals surface area contributed by atoms with E-state index in [-0.39, 0.29) is 5.91 Å². The Labute approximate surface area is 156 Å². The summed E-state index contributed by atoms with van der Waals surface area (Å²) in [6.07, 6.45) is 3.53. The van der Waals surface area contributed by atoms with Crippen molar-refractivity contribution in [1.29, 1.82) is 0 Å². The zero-order valence-corrected chi connectivity index (χ0v) is 15.8. The largest absolute Gasteiger partial charge is 0.497 e. The van der Waals surface area contributed by atoms with Gasteiger partial charge in [0.2, 0.25) is 5.91 Å². The van der Waals surface area contributed by atoms with E-state index in [0.29, 0.717) is 18.0 Å². The summed E-state index contributed by atoms with van der Waals surface area (Å²) in [5, 5.41) is 6.59. The van der Waals surface area contributed by atoms with Crippen LogP contribution < -0.4 is 15.4 Å². The van der Waals surface area contributed by atoms with Gasteiger partial charge in [-0.3, -0.25) is 4.79 Å². The third-order valence-corrected chi connectivity index (χ3v) is 5.21. The molecule has 3 atom stereocenters. The molecule has 1 fully saturated rings. The Morgan fingerprint density at radius 3 is 2.62 bits per heavy atom. The standard InChI is InChI=1S/C22H28N2O2/c1-15(18-5-4-6-22(14-18)26-3)23-21-12-9-19(13-21)17-7-10-20(11-8-17)24-16(2)25/h4-8,10-11,14-15,19,21,23H,9,12-13H2,1-3H3,(H,24,25). The summed E-state index contributed by atoms with van der Waals surface area (Å²) >= 11 is 0. The molecule has 0 heterocycles. The number of ether oxygens (including phenoxy) is 1. The van der Waals surface area contributed by atoms with Crippen molar-refractivity contribution in [1.82, 2.24) is 5.32 Å². The molecule has 2 N–H and O–H groups in total. The maximum atomic E-state index is 11.1. The number of anilines is 1. The highest BCUT2D eigenvalue weighted by Crippen LogP contribution is 2.36. The van der Waals surface area contributed by atoms with Gasteiger partial charge in [-0.15, -0.1) is 0 Å². The minimum Gasteiger partial charge on any atom is -0.497 e. The second-order valence-electron chi connectivity index (χ2n) is 7.18. The van der Waals surface area contributed by atoms with Gasteiger partial charge in [0.15, 0.2) is 0 Å². The monoisotopic (exact) mass is 352 g/mol. The number of nitrogens with one attached hydrogen (secondary N) is 2. The molecule has 2 aromatic carbocycles. The van der Waals surface area contributed by atoms with Crippen LogP contribution in [0.3, 0.4) is 0 Å². The van der Waals surface area contributed by atoms with Gasteiger partial charge in [0.05, 0.1) is 7.11 Å². The fourth-order valence-electron chi connectivity index (χ4n) is 3.84. The van der Waals surface area contributed by atoms with E-state index in [0.717, 1.165) is 17.9 Å². The molecule has 0 aromatic heterocycles. The van der Waals surface area contributed by atoms with Gasteiger partial charge in [-0.05, 0) is 67.5 Å². The van der Waals surface area contributed by atoms with E-state index in [1.54, 1.807) is 7.11 Å². The average molecular weight is 352 g/mol. The van der Waals surface area contributed by atoms with E-state index in [1.165, 1.54) is 30.9 Å². The summed E-state index contributed by atoms with van der Waals surface area (Å²) in [5.41, 5.74) is 3.48. The van der Waals surface area contributed by atoms with E-state index < -0.39 is 0 Å². The number of carbonyl (C=O) groups excluding carboxylic acids is 1. The van der Waals surface area contributed by atoms with Crippen LogP contribution in [0, 0.1) is 0 Å². The Morgan fingerprint density at radius 2 is 1.92 bits per heavy atom. The van der Waals surface area contributed by atoms with Crippen molar-refractivity contribution >= 4 is 11.6 Å². The smallest absolute Gasteiger partial charge is 0.221 e. The van der Waals surface area contributed by atoms with Crippen LogP contribution in [0.25, 0.3) is 0 Å². The van der Waals surface area contributed by atoms with Gasteiger partial charge in [0.25, 0.3) is 0 Å². The van der Waals surface area contributed by atoms with Crippen molar-refractivity contribution in [3.63, 3.8) is 0 Å².